The van der Waals surface area contributed by atoms with Crippen molar-refractivity contribution in [3.05, 3.63) is 67.4 Å². The molecule has 2 aromatic carbocycles. The van der Waals surface area contributed by atoms with Crippen LogP contribution in [0.4, 0.5) is 5.00 Å². The molecule has 0 spiro atoms. The summed E-state index contributed by atoms with van der Waals surface area (Å²) in [4.78, 5) is 25.1. The van der Waals surface area contributed by atoms with Gasteiger partial charge in [-0.05, 0) is 58.7 Å². The smallest absolute Gasteiger partial charge is 0.341 e. The first-order chi connectivity index (χ1) is 14.4. The van der Waals surface area contributed by atoms with E-state index in [1.807, 2.05) is 24.3 Å². The molecule has 1 N–H and O–H groups in total. The van der Waals surface area contributed by atoms with Crippen LogP contribution in [-0.2, 0) is 9.53 Å². The first-order valence-corrected chi connectivity index (χ1v) is 11.7. The molecule has 0 fully saturated rings. The normalized spacial score (nSPS) is 10.5. The first kappa shape index (κ1) is 22.8. The fourth-order valence-electron chi connectivity index (χ4n) is 2.60. The van der Waals surface area contributed by atoms with E-state index in [9.17, 15) is 9.59 Å². The molecule has 5 nitrogen and oxygen atoms in total. The van der Waals surface area contributed by atoms with Crippen molar-refractivity contribution in [2.75, 3.05) is 18.5 Å². The van der Waals surface area contributed by atoms with Crippen molar-refractivity contribution in [1.29, 1.82) is 0 Å². The third-order valence-electron chi connectivity index (χ3n) is 3.93. The van der Waals surface area contributed by atoms with Gasteiger partial charge in [0.05, 0.1) is 11.1 Å². The van der Waals surface area contributed by atoms with Crippen LogP contribution in [0.15, 0.2) is 56.8 Å². The van der Waals surface area contributed by atoms with Crippen LogP contribution in [0.25, 0.3) is 11.1 Å². The molecule has 0 aliphatic heterocycles. The summed E-state index contributed by atoms with van der Waals surface area (Å²) < 4.78 is 12.4. The molecule has 1 heterocycles. The Morgan fingerprint density at radius 3 is 2.53 bits per heavy atom. The van der Waals surface area contributed by atoms with E-state index in [0.717, 1.165) is 14.5 Å². The summed E-state index contributed by atoms with van der Waals surface area (Å²) in [5.74, 6) is -0.359. The monoisotopic (exact) mass is 571 g/mol. The lowest BCUT2D eigenvalue weighted by Crippen LogP contribution is -2.21. The molecule has 30 heavy (non-hydrogen) atoms. The van der Waals surface area contributed by atoms with Crippen molar-refractivity contribution in [3.63, 3.8) is 0 Å². The Kier molecular flexibility index (Phi) is 7.93. The third-order valence-corrected chi connectivity index (χ3v) is 6.19. The van der Waals surface area contributed by atoms with Crippen molar-refractivity contribution < 1.29 is 19.1 Å². The number of halogens is 3. The quantitative estimate of drug-likeness (QED) is 0.316. The predicted octanol–water partition coefficient (Wildman–Crippen LogP) is 6.79. The molecule has 0 atom stereocenters. The summed E-state index contributed by atoms with van der Waals surface area (Å²) in [7, 11) is 0. The molecule has 3 rings (SSSR count). The minimum absolute atomic E-state index is 0.212. The zero-order valence-electron chi connectivity index (χ0n) is 15.7. The zero-order chi connectivity index (χ0) is 21.7. The van der Waals surface area contributed by atoms with Crippen molar-refractivity contribution >= 4 is 71.7 Å². The fraction of sp³-hybridized carbons (Fsp3) is 0.143. The summed E-state index contributed by atoms with van der Waals surface area (Å²) in [5.41, 5.74) is 1.78. The number of hydrogen-bond acceptors (Lipinski definition) is 5. The van der Waals surface area contributed by atoms with Crippen molar-refractivity contribution in [2.24, 2.45) is 0 Å². The maximum atomic E-state index is 12.6. The topological polar surface area (TPSA) is 64.6 Å². The highest BCUT2D eigenvalue weighted by Crippen LogP contribution is 2.36. The van der Waals surface area contributed by atoms with Gasteiger partial charge in [-0.15, -0.1) is 11.3 Å². The second-order valence-corrected chi connectivity index (χ2v) is 9.08. The van der Waals surface area contributed by atoms with E-state index >= 15 is 0 Å². The zero-order valence-corrected chi connectivity index (χ0v) is 20.5. The number of carbonyl (C=O) groups is 2. The largest absolute Gasteiger partial charge is 0.483 e. The fourth-order valence-corrected chi connectivity index (χ4v) is 4.86. The van der Waals surface area contributed by atoms with Gasteiger partial charge >= 0.3 is 5.97 Å². The van der Waals surface area contributed by atoms with Gasteiger partial charge in [-0.3, -0.25) is 4.79 Å². The molecule has 1 aromatic heterocycles. The van der Waals surface area contributed by atoms with Gasteiger partial charge in [0.1, 0.15) is 16.3 Å². The lowest BCUT2D eigenvalue weighted by atomic mass is 10.0. The molecule has 9 heteroatoms. The molecular formula is C21H16Br2ClNO4S. The van der Waals surface area contributed by atoms with Gasteiger partial charge in [0.25, 0.3) is 5.91 Å². The van der Waals surface area contributed by atoms with E-state index in [2.05, 4.69) is 37.2 Å². The van der Waals surface area contributed by atoms with Crippen LogP contribution in [0.1, 0.15) is 17.3 Å². The molecule has 0 saturated carbocycles. The highest BCUT2D eigenvalue weighted by atomic mass is 79.9. The summed E-state index contributed by atoms with van der Waals surface area (Å²) in [6.45, 7) is 1.74. The Morgan fingerprint density at radius 1 is 1.13 bits per heavy atom. The molecule has 0 unspecified atom stereocenters. The minimum atomic E-state index is -0.504. The van der Waals surface area contributed by atoms with Crippen LogP contribution in [0, 0.1) is 0 Å². The SMILES string of the molecule is CCOC(=O)c1c(-c2ccc(Cl)cc2)csc1NC(=O)COc1ccc(Br)cc1Br. The van der Waals surface area contributed by atoms with E-state index in [0.29, 0.717) is 26.9 Å². The number of carbonyl (C=O) groups excluding carboxylic acids is 2. The third kappa shape index (κ3) is 5.63. The van der Waals surface area contributed by atoms with Gasteiger partial charge in [-0.2, -0.15) is 0 Å². The number of nitrogens with one attached hydrogen (secondary N) is 1. The predicted molar refractivity (Wildman–Crippen MR) is 127 cm³/mol. The van der Waals surface area contributed by atoms with E-state index in [-0.39, 0.29) is 19.1 Å². The maximum Gasteiger partial charge on any atom is 0.341 e. The van der Waals surface area contributed by atoms with Crippen LogP contribution in [0.5, 0.6) is 5.75 Å². The van der Waals surface area contributed by atoms with Crippen LogP contribution < -0.4 is 10.1 Å². The molecule has 0 aliphatic carbocycles. The Hall–Kier alpha value is -1.87. The van der Waals surface area contributed by atoms with Gasteiger partial charge in [-0.25, -0.2) is 4.79 Å². The van der Waals surface area contributed by atoms with Crippen LogP contribution >= 0.6 is 54.8 Å². The van der Waals surface area contributed by atoms with Gasteiger partial charge in [0.2, 0.25) is 0 Å². The van der Waals surface area contributed by atoms with E-state index in [4.69, 9.17) is 21.1 Å². The molecule has 156 valence electrons. The van der Waals surface area contributed by atoms with Crippen LogP contribution in [0.3, 0.4) is 0 Å². The number of amides is 1. The summed E-state index contributed by atoms with van der Waals surface area (Å²) in [5, 5.41) is 5.56. The second kappa shape index (κ2) is 10.4. The number of anilines is 1. The number of rotatable bonds is 7. The molecule has 0 bridgehead atoms. The number of thiophene rings is 1. The number of ether oxygens (including phenoxy) is 2. The van der Waals surface area contributed by atoms with Crippen molar-refractivity contribution in [1.82, 2.24) is 0 Å². The number of esters is 1. The Morgan fingerprint density at radius 2 is 1.87 bits per heavy atom. The lowest BCUT2D eigenvalue weighted by Gasteiger charge is -2.10. The second-order valence-electron chi connectivity index (χ2n) is 5.99. The van der Waals surface area contributed by atoms with E-state index < -0.39 is 5.97 Å². The van der Waals surface area contributed by atoms with Crippen molar-refractivity contribution in [2.45, 2.75) is 6.92 Å². The van der Waals surface area contributed by atoms with Gasteiger partial charge in [-0.1, -0.05) is 39.7 Å². The minimum Gasteiger partial charge on any atom is -0.483 e. The molecule has 3 aromatic rings. The Labute approximate surface area is 199 Å². The Bertz CT molecular complexity index is 1070. The molecular weight excluding hydrogens is 558 g/mol. The maximum absolute atomic E-state index is 12.6. The van der Waals surface area contributed by atoms with Gasteiger partial charge in [0, 0.05) is 20.4 Å². The highest BCUT2D eigenvalue weighted by molar-refractivity contribution is 9.11. The standard InChI is InChI=1S/C21H16Br2ClNO4S/c1-2-28-21(27)19-15(12-3-6-14(24)7-4-12)11-30-20(19)25-18(26)10-29-17-8-5-13(22)9-16(17)23/h3-9,11H,2,10H2,1H3,(H,25,26). The first-order valence-electron chi connectivity index (χ1n) is 8.81. The van der Waals surface area contributed by atoms with Gasteiger partial charge < -0.3 is 14.8 Å². The van der Waals surface area contributed by atoms with Crippen molar-refractivity contribution in [3.8, 4) is 16.9 Å². The number of benzene rings is 2. The van der Waals surface area contributed by atoms with Crippen LogP contribution in [-0.4, -0.2) is 25.1 Å². The molecule has 0 radical (unpaired) electrons. The van der Waals surface area contributed by atoms with E-state index in [1.54, 1.807) is 30.5 Å². The highest BCUT2D eigenvalue weighted by Gasteiger charge is 2.23. The van der Waals surface area contributed by atoms with Crippen LogP contribution in [0.2, 0.25) is 5.02 Å². The lowest BCUT2D eigenvalue weighted by molar-refractivity contribution is -0.118. The summed E-state index contributed by atoms with van der Waals surface area (Å²) >= 11 is 14.0. The average molecular weight is 574 g/mol. The summed E-state index contributed by atoms with van der Waals surface area (Å²) in [6.07, 6.45) is 0. The van der Waals surface area contributed by atoms with Gasteiger partial charge in [0.15, 0.2) is 6.61 Å². The number of hydrogen-bond donors (Lipinski definition) is 1. The van der Waals surface area contributed by atoms with E-state index in [1.165, 1.54) is 11.3 Å². The molecule has 0 saturated heterocycles. The summed E-state index contributed by atoms with van der Waals surface area (Å²) in [6, 6.07) is 12.5. The average Bonchev–Trinajstić information content (AvgIpc) is 3.11. The molecule has 0 aliphatic rings. The Balaban J connectivity index is 1.79. The molecule has 1 amide bonds.